The van der Waals surface area contributed by atoms with Crippen LogP contribution < -0.4 is 5.32 Å². The summed E-state index contributed by atoms with van der Waals surface area (Å²) in [6.45, 7) is 4.33. The van der Waals surface area contributed by atoms with Crippen LogP contribution >= 0.6 is 0 Å². The third-order valence-electron chi connectivity index (χ3n) is 3.77. The van der Waals surface area contributed by atoms with Crippen molar-refractivity contribution in [3.63, 3.8) is 0 Å². The van der Waals surface area contributed by atoms with E-state index >= 15 is 0 Å². The Morgan fingerprint density at radius 1 is 1.43 bits per heavy atom. The topological polar surface area (TPSA) is 38.1 Å². The second-order valence-corrected chi connectivity index (χ2v) is 4.63. The van der Waals surface area contributed by atoms with Gasteiger partial charge in [0, 0.05) is 23.9 Å². The van der Waals surface area contributed by atoms with E-state index in [0.29, 0.717) is 5.41 Å². The average Bonchev–Trinajstić information content (AvgIpc) is 2.76. The molecule has 1 saturated heterocycles. The normalized spacial score (nSPS) is 30.9. The fraction of sp³-hybridized carbons (Fsp3) is 0.727. The minimum Gasteiger partial charge on any atom is -0.361 e. The summed E-state index contributed by atoms with van der Waals surface area (Å²) in [7, 11) is 0. The van der Waals surface area contributed by atoms with Crippen molar-refractivity contribution in [2.45, 2.75) is 38.0 Å². The van der Waals surface area contributed by atoms with Gasteiger partial charge in [0.2, 0.25) is 0 Å². The van der Waals surface area contributed by atoms with Gasteiger partial charge in [0.1, 0.15) is 5.76 Å². The van der Waals surface area contributed by atoms with Gasteiger partial charge in [-0.2, -0.15) is 0 Å². The number of nitrogens with one attached hydrogen (secondary N) is 1. The zero-order valence-electron chi connectivity index (χ0n) is 8.60. The summed E-state index contributed by atoms with van der Waals surface area (Å²) in [5.41, 5.74) is 2.90. The van der Waals surface area contributed by atoms with E-state index in [0.717, 1.165) is 31.0 Å². The Labute approximate surface area is 83.9 Å². The third-order valence-corrected chi connectivity index (χ3v) is 3.77. The molecule has 3 nitrogen and oxygen atoms in total. The van der Waals surface area contributed by atoms with Crippen molar-refractivity contribution in [1.82, 2.24) is 10.5 Å². The molecule has 1 aliphatic heterocycles. The summed E-state index contributed by atoms with van der Waals surface area (Å²) in [4.78, 5) is 0. The molecule has 0 radical (unpaired) electrons. The predicted molar refractivity (Wildman–Crippen MR) is 53.3 cm³/mol. The lowest BCUT2D eigenvalue weighted by Gasteiger charge is -2.31. The molecule has 0 saturated carbocycles. The van der Waals surface area contributed by atoms with Crippen LogP contribution in [0.2, 0.25) is 0 Å². The summed E-state index contributed by atoms with van der Waals surface area (Å²) in [6, 6.07) is 0. The summed E-state index contributed by atoms with van der Waals surface area (Å²) in [5.74, 6) is 1.15. The van der Waals surface area contributed by atoms with Gasteiger partial charge >= 0.3 is 0 Å². The molecule has 0 bridgehead atoms. The molecule has 1 aliphatic carbocycles. The van der Waals surface area contributed by atoms with E-state index in [9.17, 15) is 0 Å². The van der Waals surface area contributed by atoms with Crippen LogP contribution in [0.3, 0.4) is 0 Å². The van der Waals surface area contributed by atoms with Crippen molar-refractivity contribution < 1.29 is 4.52 Å². The smallest absolute Gasteiger partial charge is 0.140 e. The molecule has 0 aromatic carbocycles. The van der Waals surface area contributed by atoms with E-state index in [4.69, 9.17) is 4.52 Å². The second-order valence-electron chi connectivity index (χ2n) is 4.63. The molecule has 76 valence electrons. The molecule has 1 atom stereocenters. The van der Waals surface area contributed by atoms with E-state index in [1.54, 1.807) is 0 Å². The van der Waals surface area contributed by atoms with Gasteiger partial charge < -0.3 is 9.84 Å². The fourth-order valence-corrected chi connectivity index (χ4v) is 3.15. The Bertz CT molecular complexity index is 350. The zero-order valence-corrected chi connectivity index (χ0v) is 8.60. The first-order valence-electron chi connectivity index (χ1n) is 5.48. The summed E-state index contributed by atoms with van der Waals surface area (Å²) in [5, 5.41) is 7.59. The van der Waals surface area contributed by atoms with Crippen molar-refractivity contribution in [3.8, 4) is 0 Å². The highest BCUT2D eigenvalue weighted by Crippen LogP contribution is 2.43. The van der Waals surface area contributed by atoms with E-state index in [2.05, 4.69) is 17.4 Å². The molecular weight excluding hydrogens is 176 g/mol. The van der Waals surface area contributed by atoms with Gasteiger partial charge in [-0.05, 0) is 32.7 Å². The van der Waals surface area contributed by atoms with Crippen LogP contribution in [0.15, 0.2) is 4.52 Å². The molecule has 1 fully saturated rings. The third kappa shape index (κ3) is 0.989. The number of aryl methyl sites for hydroxylation is 2. The van der Waals surface area contributed by atoms with Gasteiger partial charge in [-0.15, -0.1) is 0 Å². The molecule has 1 unspecified atom stereocenters. The van der Waals surface area contributed by atoms with Crippen LogP contribution in [-0.4, -0.2) is 18.2 Å². The molecule has 1 N–H and O–H groups in total. The number of hydrogen-bond donors (Lipinski definition) is 1. The Hall–Kier alpha value is -0.830. The van der Waals surface area contributed by atoms with Crippen molar-refractivity contribution in [1.29, 1.82) is 0 Å². The van der Waals surface area contributed by atoms with Crippen LogP contribution in [0.1, 0.15) is 36.3 Å². The molecule has 1 spiro atoms. The van der Waals surface area contributed by atoms with Crippen molar-refractivity contribution >= 4 is 0 Å². The minimum atomic E-state index is 0.359. The van der Waals surface area contributed by atoms with Gasteiger partial charge in [-0.25, -0.2) is 0 Å². The number of hydrogen-bond acceptors (Lipinski definition) is 3. The SMILES string of the molecule is Cc1noc2c1C1(CCC2)CCNC1. The van der Waals surface area contributed by atoms with E-state index in [1.807, 2.05) is 0 Å². The van der Waals surface area contributed by atoms with Crippen molar-refractivity contribution in [2.75, 3.05) is 13.1 Å². The molecule has 1 aromatic heterocycles. The van der Waals surface area contributed by atoms with Gasteiger partial charge in [-0.1, -0.05) is 5.16 Å². The first-order valence-corrected chi connectivity index (χ1v) is 5.48. The van der Waals surface area contributed by atoms with Crippen LogP contribution in [0.25, 0.3) is 0 Å². The van der Waals surface area contributed by atoms with Crippen LogP contribution in [0, 0.1) is 6.92 Å². The number of rotatable bonds is 0. The molecule has 14 heavy (non-hydrogen) atoms. The monoisotopic (exact) mass is 192 g/mol. The maximum Gasteiger partial charge on any atom is 0.140 e. The van der Waals surface area contributed by atoms with E-state index in [1.165, 1.54) is 24.8 Å². The number of nitrogens with zero attached hydrogens (tertiary/aromatic N) is 1. The van der Waals surface area contributed by atoms with Crippen LogP contribution in [-0.2, 0) is 11.8 Å². The lowest BCUT2D eigenvalue weighted by atomic mass is 9.71. The lowest BCUT2D eigenvalue weighted by molar-refractivity contribution is 0.330. The first kappa shape index (κ1) is 8.48. The number of fused-ring (bicyclic) bond motifs is 2. The summed E-state index contributed by atoms with van der Waals surface area (Å²) in [6.07, 6.45) is 4.89. The molecular formula is C11H16N2O. The average molecular weight is 192 g/mol. The van der Waals surface area contributed by atoms with Gasteiger partial charge in [-0.3, -0.25) is 0 Å². The van der Waals surface area contributed by atoms with E-state index in [-0.39, 0.29) is 0 Å². The van der Waals surface area contributed by atoms with Crippen molar-refractivity contribution in [3.05, 3.63) is 17.0 Å². The molecule has 3 rings (SSSR count). The molecule has 2 heterocycles. The van der Waals surface area contributed by atoms with Crippen LogP contribution in [0.4, 0.5) is 0 Å². The number of aromatic nitrogens is 1. The minimum absolute atomic E-state index is 0.359. The Balaban J connectivity index is 2.13. The maximum absolute atomic E-state index is 5.40. The highest BCUT2D eigenvalue weighted by molar-refractivity contribution is 5.35. The van der Waals surface area contributed by atoms with Gasteiger partial charge in [0.05, 0.1) is 5.69 Å². The first-order chi connectivity index (χ1) is 6.82. The Morgan fingerprint density at radius 3 is 3.14 bits per heavy atom. The summed E-state index contributed by atoms with van der Waals surface area (Å²) >= 11 is 0. The quantitative estimate of drug-likeness (QED) is 0.677. The maximum atomic E-state index is 5.40. The van der Waals surface area contributed by atoms with Crippen molar-refractivity contribution in [2.24, 2.45) is 0 Å². The lowest BCUT2D eigenvalue weighted by Crippen LogP contribution is -2.33. The highest BCUT2D eigenvalue weighted by Gasteiger charge is 2.42. The highest BCUT2D eigenvalue weighted by atomic mass is 16.5. The molecule has 2 aliphatic rings. The Morgan fingerprint density at radius 2 is 2.36 bits per heavy atom. The molecule has 1 aromatic rings. The van der Waals surface area contributed by atoms with Crippen LogP contribution in [0.5, 0.6) is 0 Å². The predicted octanol–water partition coefficient (Wildman–Crippen LogP) is 1.55. The Kier molecular flexibility index (Phi) is 1.71. The standard InChI is InChI=1S/C11H16N2O/c1-8-10-9(14-13-8)3-2-4-11(10)5-6-12-7-11/h12H,2-7H2,1H3. The summed E-state index contributed by atoms with van der Waals surface area (Å²) < 4.78 is 5.40. The van der Waals surface area contributed by atoms with Gasteiger partial charge in [0.15, 0.2) is 0 Å². The largest absolute Gasteiger partial charge is 0.361 e. The van der Waals surface area contributed by atoms with E-state index < -0.39 is 0 Å². The molecule has 3 heteroatoms. The zero-order chi connectivity index (χ0) is 9.60. The fourth-order valence-electron chi connectivity index (χ4n) is 3.15. The molecule has 0 amide bonds. The second kappa shape index (κ2) is 2.83. The van der Waals surface area contributed by atoms with Gasteiger partial charge in [0.25, 0.3) is 0 Å².